The SMILES string of the molecule is COC(=O)COC(CCCCNS(=O)(=O)c1ccc(Cl)cc1)CCCc1cccnc1. The van der Waals surface area contributed by atoms with E-state index in [0.29, 0.717) is 18.0 Å². The number of pyridine rings is 1. The number of ether oxygens (including phenoxy) is 2. The molecule has 0 saturated carbocycles. The van der Waals surface area contributed by atoms with Crippen LogP contribution in [0.15, 0.2) is 53.7 Å². The molecule has 1 N–H and O–H groups in total. The largest absolute Gasteiger partial charge is 0.467 e. The van der Waals surface area contributed by atoms with Crippen LogP contribution in [0.3, 0.4) is 0 Å². The highest BCUT2D eigenvalue weighted by atomic mass is 35.5. The fourth-order valence-corrected chi connectivity index (χ4v) is 4.24. The summed E-state index contributed by atoms with van der Waals surface area (Å²) >= 11 is 5.80. The number of benzene rings is 1. The highest BCUT2D eigenvalue weighted by Crippen LogP contribution is 2.16. The third-order valence-corrected chi connectivity index (χ3v) is 6.48. The molecular weight excluding hydrogens is 440 g/mol. The Bertz CT molecular complexity index is 892. The lowest BCUT2D eigenvalue weighted by atomic mass is 10.0. The Hall–Kier alpha value is -2.00. The maximum absolute atomic E-state index is 12.3. The second-order valence-electron chi connectivity index (χ2n) is 7.11. The summed E-state index contributed by atoms with van der Waals surface area (Å²) < 4.78 is 37.5. The number of aromatic nitrogens is 1. The van der Waals surface area contributed by atoms with Crippen molar-refractivity contribution in [2.45, 2.75) is 49.5 Å². The van der Waals surface area contributed by atoms with Gasteiger partial charge in [-0.05, 0) is 74.4 Å². The molecule has 0 saturated heterocycles. The quantitative estimate of drug-likeness (QED) is 0.335. The van der Waals surface area contributed by atoms with Gasteiger partial charge in [0.25, 0.3) is 0 Å². The van der Waals surface area contributed by atoms with Crippen LogP contribution < -0.4 is 4.72 Å². The number of sulfonamides is 1. The smallest absolute Gasteiger partial charge is 0.331 e. The molecule has 0 aliphatic rings. The number of esters is 1. The highest BCUT2D eigenvalue weighted by molar-refractivity contribution is 7.89. The van der Waals surface area contributed by atoms with Gasteiger partial charge in [0.05, 0.1) is 18.1 Å². The molecule has 1 aromatic heterocycles. The molecule has 0 aliphatic carbocycles. The second kappa shape index (κ2) is 13.4. The zero-order valence-electron chi connectivity index (χ0n) is 17.6. The van der Waals surface area contributed by atoms with Crippen LogP contribution in [0.2, 0.25) is 5.02 Å². The predicted octanol–water partition coefficient (Wildman–Crippen LogP) is 3.76. The van der Waals surface area contributed by atoms with Crippen molar-refractivity contribution < 1.29 is 22.7 Å². The number of carbonyl (C=O) groups excluding carboxylic acids is 1. The van der Waals surface area contributed by atoms with Crippen LogP contribution in [0.25, 0.3) is 0 Å². The minimum absolute atomic E-state index is 0.0861. The van der Waals surface area contributed by atoms with E-state index in [1.54, 1.807) is 18.3 Å². The molecule has 9 heteroatoms. The number of halogens is 1. The average molecular weight is 469 g/mol. The molecule has 2 rings (SSSR count). The minimum Gasteiger partial charge on any atom is -0.467 e. The Kier molecular flexibility index (Phi) is 10.9. The number of rotatable bonds is 14. The summed E-state index contributed by atoms with van der Waals surface area (Å²) in [5.74, 6) is -0.409. The van der Waals surface area contributed by atoms with E-state index in [1.165, 1.54) is 19.2 Å². The first-order valence-electron chi connectivity index (χ1n) is 10.2. The van der Waals surface area contributed by atoms with E-state index in [9.17, 15) is 13.2 Å². The van der Waals surface area contributed by atoms with Gasteiger partial charge in [0.15, 0.2) is 0 Å². The predicted molar refractivity (Wildman–Crippen MR) is 119 cm³/mol. The zero-order chi connectivity index (χ0) is 22.5. The molecule has 1 aromatic carbocycles. The number of aryl methyl sites for hydroxylation is 1. The summed E-state index contributed by atoms with van der Waals surface area (Å²) in [5, 5.41) is 0.487. The third kappa shape index (κ3) is 9.78. The van der Waals surface area contributed by atoms with Gasteiger partial charge in [-0.25, -0.2) is 17.9 Å². The molecule has 170 valence electrons. The van der Waals surface area contributed by atoms with E-state index >= 15 is 0 Å². The molecule has 31 heavy (non-hydrogen) atoms. The van der Waals surface area contributed by atoms with Gasteiger partial charge >= 0.3 is 5.97 Å². The molecule has 0 amide bonds. The van der Waals surface area contributed by atoms with E-state index in [2.05, 4.69) is 14.4 Å². The molecule has 1 unspecified atom stereocenters. The van der Waals surface area contributed by atoms with E-state index in [-0.39, 0.29) is 17.6 Å². The standard InChI is InChI=1S/C22H29ClN2O5S/c1-29-22(26)17-30-20(9-4-6-18-7-5-14-24-16-18)8-2-3-15-25-31(27,28)21-12-10-19(23)11-13-21/h5,7,10-14,16,20,25H,2-4,6,8-9,15,17H2,1H3. The highest BCUT2D eigenvalue weighted by Gasteiger charge is 2.14. The van der Waals surface area contributed by atoms with Crippen molar-refractivity contribution in [3.8, 4) is 0 Å². The van der Waals surface area contributed by atoms with Crippen molar-refractivity contribution >= 4 is 27.6 Å². The van der Waals surface area contributed by atoms with Crippen LogP contribution >= 0.6 is 11.6 Å². The molecule has 0 radical (unpaired) electrons. The monoisotopic (exact) mass is 468 g/mol. The molecule has 1 atom stereocenters. The van der Waals surface area contributed by atoms with Crippen molar-refractivity contribution in [3.05, 3.63) is 59.4 Å². The lowest BCUT2D eigenvalue weighted by Crippen LogP contribution is -2.25. The van der Waals surface area contributed by atoms with E-state index in [0.717, 1.165) is 37.7 Å². The van der Waals surface area contributed by atoms with E-state index < -0.39 is 16.0 Å². The Morgan fingerprint density at radius 1 is 1.13 bits per heavy atom. The van der Waals surface area contributed by atoms with Gasteiger partial charge in [-0.15, -0.1) is 0 Å². The van der Waals surface area contributed by atoms with Gasteiger partial charge < -0.3 is 9.47 Å². The molecule has 0 fully saturated rings. The number of nitrogens with zero attached hydrogens (tertiary/aromatic N) is 1. The lowest BCUT2D eigenvalue weighted by Gasteiger charge is -2.17. The number of unbranched alkanes of at least 4 members (excludes halogenated alkanes) is 1. The Morgan fingerprint density at radius 2 is 1.87 bits per heavy atom. The van der Waals surface area contributed by atoms with Crippen LogP contribution in [0.1, 0.15) is 37.7 Å². The molecular formula is C22H29ClN2O5S. The molecule has 0 aliphatic heterocycles. The average Bonchev–Trinajstić information content (AvgIpc) is 2.77. The Labute approximate surface area is 189 Å². The van der Waals surface area contributed by atoms with Crippen LogP contribution in [0, 0.1) is 0 Å². The summed E-state index contributed by atoms with van der Waals surface area (Å²) in [6.45, 7) is 0.238. The molecule has 1 heterocycles. The maximum atomic E-state index is 12.3. The van der Waals surface area contributed by atoms with Crippen LogP contribution in [0.5, 0.6) is 0 Å². The number of methoxy groups -OCH3 is 1. The normalized spacial score (nSPS) is 12.5. The fourth-order valence-electron chi connectivity index (χ4n) is 3.04. The second-order valence-corrected chi connectivity index (χ2v) is 9.31. The molecule has 0 bridgehead atoms. The van der Waals surface area contributed by atoms with Crippen molar-refractivity contribution in [1.82, 2.24) is 9.71 Å². The first-order chi connectivity index (χ1) is 14.9. The van der Waals surface area contributed by atoms with Crippen molar-refractivity contribution in [3.63, 3.8) is 0 Å². The van der Waals surface area contributed by atoms with E-state index in [1.807, 2.05) is 18.3 Å². The van der Waals surface area contributed by atoms with Crippen LogP contribution in [0.4, 0.5) is 0 Å². The number of carbonyl (C=O) groups is 1. The Morgan fingerprint density at radius 3 is 2.55 bits per heavy atom. The summed E-state index contributed by atoms with van der Waals surface area (Å²) in [7, 11) is -2.23. The molecule has 2 aromatic rings. The van der Waals surface area contributed by atoms with Gasteiger partial charge in [-0.3, -0.25) is 4.98 Å². The third-order valence-electron chi connectivity index (χ3n) is 4.75. The van der Waals surface area contributed by atoms with Gasteiger partial charge in [0.2, 0.25) is 10.0 Å². The van der Waals surface area contributed by atoms with Crippen molar-refractivity contribution in [2.75, 3.05) is 20.3 Å². The first kappa shape index (κ1) is 25.3. The maximum Gasteiger partial charge on any atom is 0.331 e. The minimum atomic E-state index is -3.55. The topological polar surface area (TPSA) is 94.6 Å². The molecule has 7 nitrogen and oxygen atoms in total. The summed E-state index contributed by atoms with van der Waals surface area (Å²) in [6, 6.07) is 9.98. The number of nitrogens with one attached hydrogen (secondary N) is 1. The lowest BCUT2D eigenvalue weighted by molar-refractivity contribution is -0.148. The van der Waals surface area contributed by atoms with Gasteiger partial charge in [-0.1, -0.05) is 17.7 Å². The number of hydrogen-bond donors (Lipinski definition) is 1. The molecule has 0 spiro atoms. The van der Waals surface area contributed by atoms with Gasteiger partial charge in [0.1, 0.15) is 6.61 Å². The fraction of sp³-hybridized carbons (Fsp3) is 0.455. The van der Waals surface area contributed by atoms with E-state index in [4.69, 9.17) is 16.3 Å². The van der Waals surface area contributed by atoms with Crippen LogP contribution in [-0.4, -0.2) is 45.7 Å². The van der Waals surface area contributed by atoms with Crippen LogP contribution in [-0.2, 0) is 30.7 Å². The van der Waals surface area contributed by atoms with Crippen molar-refractivity contribution in [1.29, 1.82) is 0 Å². The van der Waals surface area contributed by atoms with Gasteiger partial charge in [-0.2, -0.15) is 0 Å². The number of hydrogen-bond acceptors (Lipinski definition) is 6. The Balaban J connectivity index is 1.74. The van der Waals surface area contributed by atoms with Crippen molar-refractivity contribution in [2.24, 2.45) is 0 Å². The van der Waals surface area contributed by atoms with Gasteiger partial charge in [0, 0.05) is 24.0 Å². The summed E-state index contributed by atoms with van der Waals surface area (Å²) in [6.07, 6.45) is 8.23. The summed E-state index contributed by atoms with van der Waals surface area (Å²) in [4.78, 5) is 15.7. The summed E-state index contributed by atoms with van der Waals surface area (Å²) in [5.41, 5.74) is 1.16. The first-order valence-corrected chi connectivity index (χ1v) is 12.1. The zero-order valence-corrected chi connectivity index (χ0v) is 19.2.